The summed E-state index contributed by atoms with van der Waals surface area (Å²) in [6, 6.07) is 5.62. The Balaban J connectivity index is 2.36. The number of carboxylic acids is 1. The number of carbonyl (C=O) groups is 2. The van der Waals surface area contributed by atoms with Gasteiger partial charge < -0.3 is 20.6 Å². The number of aliphatic carboxylic acids is 1. The van der Waals surface area contributed by atoms with E-state index in [0.717, 1.165) is 0 Å². The topological polar surface area (TPSA) is 120 Å². The van der Waals surface area contributed by atoms with E-state index < -0.39 is 30.9 Å². The lowest BCUT2D eigenvalue weighted by atomic mass is 10.1. The summed E-state index contributed by atoms with van der Waals surface area (Å²) in [6.45, 7) is -0.555. The van der Waals surface area contributed by atoms with Gasteiger partial charge in [0.15, 0.2) is 11.4 Å². The molecule has 8 heteroatoms. The van der Waals surface area contributed by atoms with Crippen LogP contribution in [-0.4, -0.2) is 44.8 Å². The zero-order valence-corrected chi connectivity index (χ0v) is 12.0. The maximum absolute atomic E-state index is 12.1. The van der Waals surface area contributed by atoms with E-state index in [1.807, 2.05) is 0 Å². The minimum Gasteiger partial charge on any atom is -0.505 e. The Morgan fingerprint density at radius 2 is 1.91 bits per heavy atom. The monoisotopic (exact) mass is 324 g/mol. The molecule has 4 N–H and O–H groups in total. The van der Waals surface area contributed by atoms with Gasteiger partial charge in [-0.1, -0.05) is 35.9 Å². The number of carbonyl (C=O) groups excluding carboxylic acids is 1. The maximum atomic E-state index is 12.1. The molecular weight excluding hydrogens is 312 g/mol. The van der Waals surface area contributed by atoms with Gasteiger partial charge in [-0.2, -0.15) is 0 Å². The van der Waals surface area contributed by atoms with Gasteiger partial charge in [0.05, 0.1) is 19.1 Å². The molecule has 0 radical (unpaired) electrons. The summed E-state index contributed by atoms with van der Waals surface area (Å²) in [5, 5.41) is 31.1. The van der Waals surface area contributed by atoms with Crippen LogP contribution in [0.5, 0.6) is 5.75 Å². The van der Waals surface area contributed by atoms with Crippen LogP contribution in [0.2, 0.25) is 5.15 Å². The third kappa shape index (κ3) is 3.26. The molecule has 0 saturated heterocycles. The summed E-state index contributed by atoms with van der Waals surface area (Å²) in [7, 11) is 0. The first kappa shape index (κ1) is 16.0. The molecule has 0 aliphatic rings. The largest absolute Gasteiger partial charge is 0.505 e. The Morgan fingerprint density at radius 3 is 2.50 bits per heavy atom. The third-order valence-electron chi connectivity index (χ3n) is 3.03. The van der Waals surface area contributed by atoms with E-state index in [-0.39, 0.29) is 16.6 Å². The first-order valence-corrected chi connectivity index (χ1v) is 6.72. The lowest BCUT2D eigenvalue weighted by Gasteiger charge is -2.15. The Bertz CT molecular complexity index is 734. The van der Waals surface area contributed by atoms with E-state index in [1.165, 1.54) is 0 Å². The summed E-state index contributed by atoms with van der Waals surface area (Å²) in [5.74, 6) is -2.34. The minimum atomic E-state index is -1.17. The molecule has 0 saturated carbocycles. The Morgan fingerprint density at radius 1 is 1.27 bits per heavy atom. The first-order valence-electron chi connectivity index (χ1n) is 6.34. The van der Waals surface area contributed by atoms with E-state index in [4.69, 9.17) is 21.8 Å². The molecule has 2 aromatic rings. The number of aromatic hydroxyl groups is 1. The second-order valence-electron chi connectivity index (χ2n) is 4.60. The SMILES string of the molecule is O=C(O)CC(CO)NC(=O)c1nc(Cl)c2ccccc2c1O. The molecule has 22 heavy (non-hydrogen) atoms. The lowest BCUT2D eigenvalue weighted by Crippen LogP contribution is -2.39. The Hall–Kier alpha value is -2.38. The Kier molecular flexibility index (Phi) is 4.79. The minimum absolute atomic E-state index is 0.0392. The van der Waals surface area contributed by atoms with Crippen LogP contribution in [0.1, 0.15) is 16.9 Å². The van der Waals surface area contributed by atoms with Crippen LogP contribution >= 0.6 is 11.6 Å². The number of fused-ring (bicyclic) bond motifs is 1. The zero-order chi connectivity index (χ0) is 16.3. The third-order valence-corrected chi connectivity index (χ3v) is 3.32. The molecule has 1 amide bonds. The standard InChI is InChI=1S/C14H13ClN2O5/c15-13-9-4-2-1-3-8(9)12(21)11(17-13)14(22)16-7(6-18)5-10(19)20/h1-4,7,18,21H,5-6H2,(H,16,22)(H,19,20). The fraction of sp³-hybridized carbons (Fsp3) is 0.214. The average Bonchev–Trinajstić information content (AvgIpc) is 2.49. The van der Waals surface area contributed by atoms with Crippen molar-refractivity contribution < 1.29 is 24.9 Å². The van der Waals surface area contributed by atoms with Gasteiger partial charge in [-0.15, -0.1) is 0 Å². The number of aliphatic hydroxyl groups is 1. The van der Waals surface area contributed by atoms with Crippen molar-refractivity contribution in [1.29, 1.82) is 0 Å². The highest BCUT2D eigenvalue weighted by Gasteiger charge is 2.22. The summed E-state index contributed by atoms with van der Waals surface area (Å²) in [4.78, 5) is 26.6. The van der Waals surface area contributed by atoms with Crippen molar-refractivity contribution in [2.24, 2.45) is 0 Å². The number of hydrogen-bond donors (Lipinski definition) is 4. The molecule has 0 aliphatic carbocycles. The van der Waals surface area contributed by atoms with Crippen molar-refractivity contribution in [2.45, 2.75) is 12.5 Å². The van der Waals surface area contributed by atoms with Crippen molar-refractivity contribution in [2.75, 3.05) is 6.61 Å². The highest BCUT2D eigenvalue weighted by Crippen LogP contribution is 2.31. The molecule has 7 nitrogen and oxygen atoms in total. The van der Waals surface area contributed by atoms with Crippen molar-refractivity contribution >= 4 is 34.2 Å². The van der Waals surface area contributed by atoms with Gasteiger partial charge in [0.25, 0.3) is 5.91 Å². The van der Waals surface area contributed by atoms with Crippen LogP contribution in [-0.2, 0) is 4.79 Å². The number of rotatable bonds is 5. The molecule has 1 aromatic heterocycles. The molecule has 1 unspecified atom stereocenters. The van der Waals surface area contributed by atoms with Gasteiger partial charge in [0.2, 0.25) is 0 Å². The normalized spacial score (nSPS) is 12.1. The summed E-state index contributed by atoms with van der Waals surface area (Å²) in [5.41, 5.74) is -0.326. The number of amides is 1. The van der Waals surface area contributed by atoms with Crippen LogP contribution in [0, 0.1) is 0 Å². The molecule has 0 fully saturated rings. The van der Waals surface area contributed by atoms with E-state index in [2.05, 4.69) is 10.3 Å². The smallest absolute Gasteiger partial charge is 0.305 e. The van der Waals surface area contributed by atoms with Gasteiger partial charge in [-0.05, 0) is 0 Å². The number of nitrogens with one attached hydrogen (secondary N) is 1. The van der Waals surface area contributed by atoms with Crippen molar-refractivity contribution in [1.82, 2.24) is 10.3 Å². The van der Waals surface area contributed by atoms with Crippen LogP contribution < -0.4 is 5.32 Å². The molecule has 1 aromatic carbocycles. The first-order chi connectivity index (χ1) is 10.4. The Labute approximate surface area is 130 Å². The fourth-order valence-corrected chi connectivity index (χ4v) is 2.24. The fourth-order valence-electron chi connectivity index (χ4n) is 1.99. The van der Waals surface area contributed by atoms with Crippen LogP contribution in [0.4, 0.5) is 0 Å². The predicted octanol–water partition coefficient (Wildman–Crippen LogP) is 1.16. The van der Waals surface area contributed by atoms with Crippen LogP contribution in [0.25, 0.3) is 10.8 Å². The number of halogens is 1. The molecular formula is C14H13ClN2O5. The number of hydrogen-bond acceptors (Lipinski definition) is 5. The van der Waals surface area contributed by atoms with E-state index in [9.17, 15) is 14.7 Å². The van der Waals surface area contributed by atoms with Gasteiger partial charge in [0, 0.05) is 10.8 Å². The number of benzene rings is 1. The molecule has 0 spiro atoms. The average molecular weight is 325 g/mol. The van der Waals surface area contributed by atoms with Crippen LogP contribution in [0.15, 0.2) is 24.3 Å². The van der Waals surface area contributed by atoms with E-state index >= 15 is 0 Å². The second kappa shape index (κ2) is 6.59. The lowest BCUT2D eigenvalue weighted by molar-refractivity contribution is -0.137. The highest BCUT2D eigenvalue weighted by atomic mass is 35.5. The number of aliphatic hydroxyl groups excluding tert-OH is 1. The van der Waals surface area contributed by atoms with Crippen molar-refractivity contribution in [3.63, 3.8) is 0 Å². The molecule has 0 bridgehead atoms. The molecule has 0 aliphatic heterocycles. The maximum Gasteiger partial charge on any atom is 0.305 e. The van der Waals surface area contributed by atoms with E-state index in [0.29, 0.717) is 10.8 Å². The van der Waals surface area contributed by atoms with Gasteiger partial charge in [-0.25, -0.2) is 4.98 Å². The van der Waals surface area contributed by atoms with Gasteiger partial charge >= 0.3 is 5.97 Å². The molecule has 2 rings (SSSR count). The number of nitrogens with zero attached hydrogens (tertiary/aromatic N) is 1. The zero-order valence-electron chi connectivity index (χ0n) is 11.3. The molecule has 1 heterocycles. The summed E-state index contributed by atoms with van der Waals surface area (Å²) >= 11 is 5.99. The highest BCUT2D eigenvalue weighted by molar-refractivity contribution is 6.34. The van der Waals surface area contributed by atoms with Gasteiger partial charge in [-0.3, -0.25) is 9.59 Å². The number of carboxylic acid groups (broad SMARTS) is 1. The molecule has 116 valence electrons. The second-order valence-corrected chi connectivity index (χ2v) is 4.95. The number of aromatic nitrogens is 1. The quantitative estimate of drug-likeness (QED) is 0.613. The van der Waals surface area contributed by atoms with E-state index in [1.54, 1.807) is 24.3 Å². The predicted molar refractivity (Wildman–Crippen MR) is 79.0 cm³/mol. The summed E-state index contributed by atoms with van der Waals surface area (Å²) < 4.78 is 0. The molecule has 1 atom stereocenters. The van der Waals surface area contributed by atoms with Crippen LogP contribution in [0.3, 0.4) is 0 Å². The summed E-state index contributed by atoms with van der Waals surface area (Å²) in [6.07, 6.45) is -0.454. The van der Waals surface area contributed by atoms with Gasteiger partial charge in [0.1, 0.15) is 5.15 Å². The van der Waals surface area contributed by atoms with Crippen molar-refractivity contribution in [3.05, 3.63) is 35.1 Å². The van der Waals surface area contributed by atoms with Crippen molar-refractivity contribution in [3.8, 4) is 5.75 Å². The number of pyridine rings is 1.